The third kappa shape index (κ3) is 2.31. The Morgan fingerprint density at radius 2 is 1.21 bits per heavy atom. The van der Waals surface area contributed by atoms with E-state index in [2.05, 4.69) is 0 Å². The van der Waals surface area contributed by atoms with Crippen LogP contribution >= 0.6 is 44.3 Å². The zero-order valence-electron chi connectivity index (χ0n) is 6.70. The molecule has 0 atom stereocenters. The molecule has 0 N–H and O–H groups in total. The third-order valence-electron chi connectivity index (χ3n) is 1.39. The SMILES string of the molecule is Fc1cscc1SSc1cscc1F. The van der Waals surface area contributed by atoms with Crippen LogP contribution < -0.4 is 0 Å². The van der Waals surface area contributed by atoms with Crippen LogP contribution in [0.2, 0.25) is 0 Å². The maximum Gasteiger partial charge on any atom is 0.148 e. The number of halogens is 2. The summed E-state index contributed by atoms with van der Waals surface area (Å²) in [5, 5.41) is 6.31. The number of rotatable bonds is 3. The van der Waals surface area contributed by atoms with Gasteiger partial charge in [0.25, 0.3) is 0 Å². The topological polar surface area (TPSA) is 0 Å². The van der Waals surface area contributed by atoms with E-state index < -0.39 is 0 Å². The van der Waals surface area contributed by atoms with Crippen molar-refractivity contribution in [2.45, 2.75) is 9.79 Å². The summed E-state index contributed by atoms with van der Waals surface area (Å²) >= 11 is 2.61. The maximum absolute atomic E-state index is 13.0. The van der Waals surface area contributed by atoms with Gasteiger partial charge in [-0.25, -0.2) is 8.78 Å². The van der Waals surface area contributed by atoms with Crippen molar-refractivity contribution in [3.8, 4) is 0 Å². The molecule has 2 heterocycles. The fourth-order valence-electron chi connectivity index (χ4n) is 0.749. The molecule has 0 aromatic carbocycles. The van der Waals surface area contributed by atoms with E-state index in [1.165, 1.54) is 55.0 Å². The van der Waals surface area contributed by atoms with E-state index in [1.54, 1.807) is 10.8 Å². The van der Waals surface area contributed by atoms with Crippen LogP contribution in [0.5, 0.6) is 0 Å². The number of thiophene rings is 2. The van der Waals surface area contributed by atoms with Gasteiger partial charge in [0.15, 0.2) is 0 Å². The van der Waals surface area contributed by atoms with Crippen molar-refractivity contribution >= 4 is 44.3 Å². The van der Waals surface area contributed by atoms with Gasteiger partial charge < -0.3 is 0 Å². The highest BCUT2D eigenvalue weighted by Crippen LogP contribution is 2.41. The standard InChI is InChI=1S/C8H4F2S4/c9-5-1-11-3-7(5)13-14-8-4-12-2-6(8)10/h1-4H. The lowest BCUT2D eigenvalue weighted by Crippen LogP contribution is -1.69. The Balaban J connectivity index is 2.02. The molecule has 0 amide bonds. The van der Waals surface area contributed by atoms with Crippen molar-refractivity contribution in [1.29, 1.82) is 0 Å². The van der Waals surface area contributed by atoms with E-state index in [4.69, 9.17) is 0 Å². The Hall–Kier alpha value is -0.0400. The van der Waals surface area contributed by atoms with Gasteiger partial charge >= 0.3 is 0 Å². The van der Waals surface area contributed by atoms with Crippen LogP contribution in [-0.4, -0.2) is 0 Å². The van der Waals surface area contributed by atoms with Gasteiger partial charge in [-0.2, -0.15) is 0 Å². The monoisotopic (exact) mass is 266 g/mol. The van der Waals surface area contributed by atoms with E-state index in [-0.39, 0.29) is 11.6 Å². The molecule has 0 nitrogen and oxygen atoms in total. The molecule has 0 radical (unpaired) electrons. The van der Waals surface area contributed by atoms with Crippen molar-refractivity contribution in [2.75, 3.05) is 0 Å². The quantitative estimate of drug-likeness (QED) is 0.726. The first-order valence-electron chi connectivity index (χ1n) is 3.55. The Morgan fingerprint density at radius 3 is 1.50 bits per heavy atom. The first kappa shape index (κ1) is 10.5. The molecule has 0 aliphatic carbocycles. The van der Waals surface area contributed by atoms with Gasteiger partial charge in [0.1, 0.15) is 11.6 Å². The smallest absolute Gasteiger partial charge is 0.148 e. The van der Waals surface area contributed by atoms with Crippen LogP contribution in [-0.2, 0) is 0 Å². The summed E-state index contributed by atoms with van der Waals surface area (Å²) in [5.74, 6) is -0.466. The van der Waals surface area contributed by atoms with E-state index in [1.807, 2.05) is 0 Å². The largest absolute Gasteiger partial charge is 0.205 e. The molecule has 6 heteroatoms. The molecule has 0 saturated heterocycles. The van der Waals surface area contributed by atoms with Crippen molar-refractivity contribution in [1.82, 2.24) is 0 Å². The highest BCUT2D eigenvalue weighted by Gasteiger charge is 2.08. The van der Waals surface area contributed by atoms with Crippen molar-refractivity contribution < 1.29 is 8.78 Å². The second kappa shape index (κ2) is 4.65. The minimum atomic E-state index is -0.233. The lowest BCUT2D eigenvalue weighted by molar-refractivity contribution is 0.608. The Bertz CT molecular complexity index is 380. The highest BCUT2D eigenvalue weighted by molar-refractivity contribution is 8.76. The van der Waals surface area contributed by atoms with Crippen LogP contribution in [0, 0.1) is 11.6 Å². The Morgan fingerprint density at radius 1 is 0.786 bits per heavy atom. The summed E-state index contributed by atoms with van der Waals surface area (Å²) in [4.78, 5) is 1.12. The molecule has 2 aromatic heterocycles. The summed E-state index contributed by atoms with van der Waals surface area (Å²) in [6, 6.07) is 0. The van der Waals surface area contributed by atoms with Crippen molar-refractivity contribution in [2.24, 2.45) is 0 Å². The number of hydrogen-bond acceptors (Lipinski definition) is 4. The van der Waals surface area contributed by atoms with Gasteiger partial charge in [-0.1, -0.05) is 0 Å². The van der Waals surface area contributed by atoms with E-state index in [0.717, 1.165) is 0 Å². The summed E-state index contributed by atoms with van der Waals surface area (Å²) in [6.07, 6.45) is 0. The van der Waals surface area contributed by atoms with Gasteiger partial charge in [-0.05, 0) is 21.6 Å². The highest BCUT2D eigenvalue weighted by atomic mass is 33.1. The number of hydrogen-bond donors (Lipinski definition) is 0. The van der Waals surface area contributed by atoms with Gasteiger partial charge in [0.2, 0.25) is 0 Å². The van der Waals surface area contributed by atoms with Crippen molar-refractivity contribution in [3.63, 3.8) is 0 Å². The van der Waals surface area contributed by atoms with Crippen LogP contribution in [0.3, 0.4) is 0 Å². The van der Waals surface area contributed by atoms with Gasteiger partial charge in [-0.3, -0.25) is 0 Å². The minimum Gasteiger partial charge on any atom is -0.205 e. The van der Waals surface area contributed by atoms with Crippen LogP contribution in [0.15, 0.2) is 31.3 Å². The lowest BCUT2D eigenvalue weighted by Gasteiger charge is -1.95. The molecule has 0 saturated carbocycles. The summed E-state index contributed by atoms with van der Waals surface area (Å²) < 4.78 is 25.9. The Kier molecular flexibility index (Phi) is 3.48. The average Bonchev–Trinajstić information content (AvgIpc) is 2.72. The second-order valence-corrected chi connectivity index (χ2v) is 6.03. The first-order valence-corrected chi connectivity index (χ1v) is 7.59. The average molecular weight is 266 g/mol. The van der Waals surface area contributed by atoms with Gasteiger partial charge in [0, 0.05) is 21.5 Å². The van der Waals surface area contributed by atoms with E-state index in [9.17, 15) is 8.78 Å². The van der Waals surface area contributed by atoms with Crippen molar-refractivity contribution in [3.05, 3.63) is 33.2 Å². The second-order valence-electron chi connectivity index (χ2n) is 2.33. The lowest BCUT2D eigenvalue weighted by atomic mass is 10.6. The summed E-state index contributed by atoms with van der Waals surface area (Å²) in [7, 11) is 2.49. The molecule has 14 heavy (non-hydrogen) atoms. The molecule has 74 valence electrons. The zero-order chi connectivity index (χ0) is 9.97. The molecular weight excluding hydrogens is 262 g/mol. The fraction of sp³-hybridized carbons (Fsp3) is 0. The third-order valence-corrected chi connectivity index (χ3v) is 5.51. The molecule has 0 fully saturated rings. The molecule has 0 aliphatic heterocycles. The van der Waals surface area contributed by atoms with E-state index >= 15 is 0 Å². The molecule has 0 spiro atoms. The van der Waals surface area contributed by atoms with Gasteiger partial charge in [-0.15, -0.1) is 22.7 Å². The molecule has 2 aromatic rings. The zero-order valence-corrected chi connectivity index (χ0v) is 9.96. The molecule has 0 unspecified atom stereocenters. The molecule has 0 aliphatic rings. The first-order chi connectivity index (χ1) is 6.77. The Labute approximate surface area is 95.7 Å². The summed E-state index contributed by atoms with van der Waals surface area (Å²) in [6.45, 7) is 0. The fourth-order valence-corrected chi connectivity index (χ4v) is 4.83. The molecule has 2 rings (SSSR count). The summed E-state index contributed by atoms with van der Waals surface area (Å²) in [5.41, 5.74) is 0. The van der Waals surface area contributed by atoms with Crippen LogP contribution in [0.25, 0.3) is 0 Å². The van der Waals surface area contributed by atoms with Crippen LogP contribution in [0.1, 0.15) is 0 Å². The van der Waals surface area contributed by atoms with E-state index in [0.29, 0.717) is 9.79 Å². The molecular formula is C8H4F2S4. The predicted molar refractivity (Wildman–Crippen MR) is 60.3 cm³/mol. The van der Waals surface area contributed by atoms with Crippen LogP contribution in [0.4, 0.5) is 8.78 Å². The predicted octanol–water partition coefficient (Wildman–Crippen LogP) is 4.89. The maximum atomic E-state index is 13.0. The normalized spacial score (nSPS) is 10.7. The molecule has 0 bridgehead atoms. The van der Waals surface area contributed by atoms with Gasteiger partial charge in [0.05, 0.1) is 9.79 Å². The minimum absolute atomic E-state index is 0.233.